The number of benzene rings is 1. The molecular weight excluding hydrogens is 408 g/mol. The third-order valence-corrected chi connectivity index (χ3v) is 6.46. The van der Waals surface area contributed by atoms with Gasteiger partial charge in [0, 0.05) is 41.9 Å². The summed E-state index contributed by atoms with van der Waals surface area (Å²) in [6, 6.07) is 11.9. The molecule has 0 saturated carbocycles. The van der Waals surface area contributed by atoms with Crippen molar-refractivity contribution in [2.24, 2.45) is 0 Å². The van der Waals surface area contributed by atoms with Gasteiger partial charge in [0.25, 0.3) is 0 Å². The van der Waals surface area contributed by atoms with Gasteiger partial charge in [0.05, 0.1) is 12.1 Å². The van der Waals surface area contributed by atoms with Gasteiger partial charge in [0.2, 0.25) is 11.8 Å². The Morgan fingerprint density at radius 3 is 2.65 bits per heavy atom. The van der Waals surface area contributed by atoms with E-state index in [1.54, 1.807) is 11.3 Å². The maximum Gasteiger partial charge on any atom is 0.224 e. The number of hydrogen-bond acceptors (Lipinski definition) is 5. The Morgan fingerprint density at radius 2 is 1.87 bits per heavy atom. The highest BCUT2D eigenvalue weighted by atomic mass is 32.1. The van der Waals surface area contributed by atoms with Crippen LogP contribution in [0.1, 0.15) is 42.5 Å². The molecule has 1 aromatic carbocycles. The van der Waals surface area contributed by atoms with Gasteiger partial charge >= 0.3 is 0 Å². The molecule has 1 aliphatic heterocycles. The molecule has 7 heteroatoms. The summed E-state index contributed by atoms with van der Waals surface area (Å²) in [4.78, 5) is 32.6. The highest BCUT2D eigenvalue weighted by Gasteiger charge is 2.14. The molecule has 2 aromatic heterocycles. The molecule has 0 unspecified atom stereocenters. The monoisotopic (exact) mass is 436 g/mol. The lowest BCUT2D eigenvalue weighted by atomic mass is 10.1. The quantitative estimate of drug-likeness (QED) is 0.566. The van der Waals surface area contributed by atoms with Gasteiger partial charge in [-0.25, -0.2) is 4.98 Å². The lowest BCUT2D eigenvalue weighted by Gasteiger charge is -2.28. The molecule has 3 aromatic rings. The predicted molar refractivity (Wildman–Crippen MR) is 127 cm³/mol. The fraction of sp³-hybridized carbons (Fsp3) is 0.375. The van der Waals surface area contributed by atoms with Crippen LogP contribution in [0.4, 0.5) is 11.5 Å². The molecule has 6 nitrogen and oxygen atoms in total. The highest BCUT2D eigenvalue weighted by Crippen LogP contribution is 2.27. The average Bonchev–Trinajstić information content (AvgIpc) is 3.31. The van der Waals surface area contributed by atoms with E-state index in [9.17, 15) is 9.59 Å². The molecule has 162 valence electrons. The van der Waals surface area contributed by atoms with Gasteiger partial charge in [-0.15, -0.1) is 11.3 Å². The molecule has 2 N–H and O–H groups in total. The molecule has 1 fully saturated rings. The second-order valence-electron chi connectivity index (χ2n) is 7.98. The summed E-state index contributed by atoms with van der Waals surface area (Å²) in [5.41, 5.74) is 2.81. The van der Waals surface area contributed by atoms with Crippen molar-refractivity contribution in [1.29, 1.82) is 0 Å². The van der Waals surface area contributed by atoms with Crippen LogP contribution in [-0.4, -0.2) is 29.9 Å². The van der Waals surface area contributed by atoms with Gasteiger partial charge in [-0.3, -0.25) is 9.59 Å². The number of anilines is 2. The first kappa shape index (κ1) is 21.3. The maximum atomic E-state index is 12.3. The van der Waals surface area contributed by atoms with E-state index in [4.69, 9.17) is 4.98 Å². The van der Waals surface area contributed by atoms with Crippen LogP contribution in [0, 0.1) is 6.92 Å². The Labute approximate surface area is 186 Å². The number of pyridine rings is 1. The van der Waals surface area contributed by atoms with E-state index in [1.807, 2.05) is 35.7 Å². The normalized spacial score (nSPS) is 13.9. The Morgan fingerprint density at radius 1 is 1.06 bits per heavy atom. The van der Waals surface area contributed by atoms with Gasteiger partial charge in [-0.2, -0.15) is 0 Å². The van der Waals surface area contributed by atoms with Crippen molar-refractivity contribution in [2.45, 2.75) is 45.6 Å². The Hall–Kier alpha value is -2.93. The SMILES string of the molecule is Cc1cc(N2CCCCC2)nc2ccc(NC(=O)CCC(=O)NCc3cccs3)cc12. The lowest BCUT2D eigenvalue weighted by molar-refractivity contribution is -0.124. The second kappa shape index (κ2) is 9.92. The van der Waals surface area contributed by atoms with Crippen molar-refractivity contribution in [1.82, 2.24) is 10.3 Å². The number of nitrogens with one attached hydrogen (secondary N) is 2. The van der Waals surface area contributed by atoms with Gasteiger partial charge in [0.15, 0.2) is 0 Å². The predicted octanol–water partition coefficient (Wildman–Crippen LogP) is 4.63. The first-order valence-corrected chi connectivity index (χ1v) is 11.7. The molecule has 3 heterocycles. The van der Waals surface area contributed by atoms with Crippen molar-refractivity contribution in [2.75, 3.05) is 23.3 Å². The number of carbonyl (C=O) groups excluding carboxylic acids is 2. The number of hydrogen-bond donors (Lipinski definition) is 2. The number of aryl methyl sites for hydroxylation is 1. The third kappa shape index (κ3) is 5.61. The van der Waals surface area contributed by atoms with Crippen molar-refractivity contribution in [3.63, 3.8) is 0 Å². The summed E-state index contributed by atoms with van der Waals surface area (Å²) < 4.78 is 0. The summed E-state index contributed by atoms with van der Waals surface area (Å²) in [5, 5.41) is 8.77. The number of thiophene rings is 1. The lowest BCUT2D eigenvalue weighted by Crippen LogP contribution is -2.30. The van der Waals surface area contributed by atoms with Gasteiger partial charge < -0.3 is 15.5 Å². The first-order valence-electron chi connectivity index (χ1n) is 10.8. The number of rotatable bonds is 7. The van der Waals surface area contributed by atoms with E-state index in [2.05, 4.69) is 28.5 Å². The van der Waals surface area contributed by atoms with Crippen LogP contribution >= 0.6 is 11.3 Å². The summed E-state index contributed by atoms with van der Waals surface area (Å²) in [5.74, 6) is 0.753. The molecule has 1 aliphatic rings. The standard InChI is InChI=1S/C24H28N4O2S/c1-17-14-22(28-11-3-2-4-12-28)27-21-8-7-18(15-20(17)21)26-24(30)10-9-23(29)25-16-19-6-5-13-31-19/h5-8,13-15H,2-4,9-12,16H2,1H3,(H,25,29)(H,26,30). The van der Waals surface area contributed by atoms with E-state index in [0.29, 0.717) is 6.54 Å². The Bertz CT molecular complexity index is 1060. The molecule has 2 amide bonds. The molecular formula is C24H28N4O2S. The topological polar surface area (TPSA) is 74.3 Å². The van der Waals surface area contributed by atoms with Crippen molar-refractivity contribution >= 4 is 45.6 Å². The largest absolute Gasteiger partial charge is 0.357 e. The summed E-state index contributed by atoms with van der Waals surface area (Å²) in [6.07, 6.45) is 4.05. The summed E-state index contributed by atoms with van der Waals surface area (Å²) in [7, 11) is 0. The molecule has 0 radical (unpaired) electrons. The van der Waals surface area contributed by atoms with Crippen LogP contribution in [0.15, 0.2) is 41.8 Å². The minimum Gasteiger partial charge on any atom is -0.357 e. The van der Waals surface area contributed by atoms with Crippen LogP contribution in [0.5, 0.6) is 0 Å². The number of piperidine rings is 1. The number of fused-ring (bicyclic) bond motifs is 1. The molecule has 0 aliphatic carbocycles. The summed E-state index contributed by atoms with van der Waals surface area (Å²) >= 11 is 1.60. The zero-order chi connectivity index (χ0) is 21.6. The number of carbonyl (C=O) groups is 2. The van der Waals surface area contributed by atoms with Crippen molar-refractivity contribution < 1.29 is 9.59 Å². The maximum absolute atomic E-state index is 12.3. The van der Waals surface area contributed by atoms with E-state index < -0.39 is 0 Å². The Balaban J connectivity index is 1.34. The molecule has 0 bridgehead atoms. The first-order chi connectivity index (χ1) is 15.1. The molecule has 0 spiro atoms. The zero-order valence-corrected chi connectivity index (χ0v) is 18.6. The number of amides is 2. The molecule has 4 rings (SSSR count). The van der Waals surface area contributed by atoms with Gasteiger partial charge in [-0.1, -0.05) is 6.07 Å². The van der Waals surface area contributed by atoms with E-state index >= 15 is 0 Å². The van der Waals surface area contributed by atoms with E-state index in [0.717, 1.165) is 45.9 Å². The number of aromatic nitrogens is 1. The minimum absolute atomic E-state index is 0.118. The fourth-order valence-corrected chi connectivity index (χ4v) is 4.52. The fourth-order valence-electron chi connectivity index (χ4n) is 3.88. The van der Waals surface area contributed by atoms with Crippen LogP contribution in [0.3, 0.4) is 0 Å². The van der Waals surface area contributed by atoms with E-state index in [1.165, 1.54) is 19.3 Å². The number of nitrogens with zero attached hydrogens (tertiary/aromatic N) is 2. The molecule has 1 saturated heterocycles. The highest BCUT2D eigenvalue weighted by molar-refractivity contribution is 7.09. The van der Waals surface area contributed by atoms with Gasteiger partial charge in [-0.05, 0) is 67.5 Å². The van der Waals surface area contributed by atoms with Crippen molar-refractivity contribution in [3.05, 3.63) is 52.2 Å². The molecule has 0 atom stereocenters. The van der Waals surface area contributed by atoms with Crippen LogP contribution < -0.4 is 15.5 Å². The second-order valence-corrected chi connectivity index (χ2v) is 9.01. The van der Waals surface area contributed by atoms with Crippen LogP contribution in [0.2, 0.25) is 0 Å². The smallest absolute Gasteiger partial charge is 0.224 e. The Kier molecular flexibility index (Phi) is 6.82. The summed E-state index contributed by atoms with van der Waals surface area (Å²) in [6.45, 7) is 4.72. The average molecular weight is 437 g/mol. The minimum atomic E-state index is -0.166. The van der Waals surface area contributed by atoms with E-state index in [-0.39, 0.29) is 24.7 Å². The zero-order valence-electron chi connectivity index (χ0n) is 17.8. The third-order valence-electron chi connectivity index (χ3n) is 5.58. The van der Waals surface area contributed by atoms with Crippen LogP contribution in [0.25, 0.3) is 10.9 Å². The van der Waals surface area contributed by atoms with Crippen molar-refractivity contribution in [3.8, 4) is 0 Å². The molecule has 31 heavy (non-hydrogen) atoms. The van der Waals surface area contributed by atoms with Crippen LogP contribution in [-0.2, 0) is 16.1 Å². The van der Waals surface area contributed by atoms with Gasteiger partial charge in [0.1, 0.15) is 5.82 Å².